The molecule has 266 valence electrons. The Balaban J connectivity index is 0.916. The van der Waals surface area contributed by atoms with E-state index in [1.807, 2.05) is 36.2 Å². The van der Waals surface area contributed by atoms with Crippen molar-refractivity contribution in [3.8, 4) is 22.6 Å². The van der Waals surface area contributed by atoms with Gasteiger partial charge in [-0.1, -0.05) is 0 Å². The Morgan fingerprint density at radius 1 is 0.843 bits per heavy atom. The Hall–Kier alpha value is -4.87. The molecule has 0 unspecified atom stereocenters. The maximum Gasteiger partial charge on any atom is 0.416 e. The molecule has 0 spiro atoms. The largest absolute Gasteiger partial charge is 0.506 e. The molecule has 9 rings (SSSR count). The highest BCUT2D eigenvalue weighted by Crippen LogP contribution is 2.60. The van der Waals surface area contributed by atoms with Gasteiger partial charge in [0, 0.05) is 80.1 Å². The predicted octanol–water partition coefficient (Wildman–Crippen LogP) is 6.91. The number of halogens is 3. The number of carbonyl (C=O) groups excluding carboxylic acids is 2. The fourth-order valence-electron chi connectivity index (χ4n) is 9.67. The Morgan fingerprint density at radius 3 is 2.14 bits per heavy atom. The highest BCUT2D eigenvalue weighted by molar-refractivity contribution is 5.95. The summed E-state index contributed by atoms with van der Waals surface area (Å²) in [6.45, 7) is 2.47. The Bertz CT molecular complexity index is 1910. The van der Waals surface area contributed by atoms with Gasteiger partial charge >= 0.3 is 6.18 Å². The number of pyridine rings is 1. The molecule has 4 aliphatic carbocycles. The van der Waals surface area contributed by atoms with E-state index in [1.165, 1.54) is 80.1 Å². The Kier molecular flexibility index (Phi) is 8.30. The lowest BCUT2D eigenvalue weighted by molar-refractivity contribution is -0.137. The lowest BCUT2D eigenvalue weighted by Crippen LogP contribution is -2.51. The Morgan fingerprint density at radius 2 is 1.51 bits per heavy atom. The second kappa shape index (κ2) is 12.7. The van der Waals surface area contributed by atoms with E-state index in [0.29, 0.717) is 42.9 Å². The van der Waals surface area contributed by atoms with Gasteiger partial charge in [0.1, 0.15) is 5.75 Å². The topological polar surface area (TPSA) is 94.8 Å². The molecule has 0 radical (unpaired) electrons. The highest BCUT2D eigenvalue weighted by Gasteiger charge is 2.51. The van der Waals surface area contributed by atoms with Crippen LogP contribution in [0.15, 0.2) is 73.3 Å². The van der Waals surface area contributed by atoms with Crippen LogP contribution in [0.5, 0.6) is 5.75 Å². The summed E-state index contributed by atoms with van der Waals surface area (Å²) < 4.78 is 43.3. The highest BCUT2D eigenvalue weighted by atomic mass is 19.4. The summed E-state index contributed by atoms with van der Waals surface area (Å²) >= 11 is 0. The molecule has 12 heteroatoms. The van der Waals surface area contributed by atoms with E-state index >= 15 is 0 Å². The third-order valence-corrected chi connectivity index (χ3v) is 11.5. The molecule has 3 heterocycles. The second-order valence-electron chi connectivity index (χ2n) is 15.3. The fourth-order valence-corrected chi connectivity index (χ4v) is 9.67. The third-order valence-electron chi connectivity index (χ3n) is 11.5. The molecule has 1 aliphatic heterocycles. The van der Waals surface area contributed by atoms with Gasteiger partial charge in [-0.15, -0.1) is 0 Å². The maximum atomic E-state index is 14.0. The van der Waals surface area contributed by atoms with Gasteiger partial charge < -0.3 is 19.8 Å². The minimum atomic E-state index is -4.67. The second-order valence-corrected chi connectivity index (χ2v) is 15.3. The normalized spacial score (nSPS) is 24.2. The summed E-state index contributed by atoms with van der Waals surface area (Å²) in [6.07, 6.45) is 8.99. The molecule has 5 aliphatic rings. The van der Waals surface area contributed by atoms with Crippen molar-refractivity contribution in [1.29, 1.82) is 0 Å². The van der Waals surface area contributed by atoms with Crippen molar-refractivity contribution >= 4 is 17.5 Å². The van der Waals surface area contributed by atoms with Gasteiger partial charge in [0.2, 0.25) is 0 Å². The summed E-state index contributed by atoms with van der Waals surface area (Å²) in [5.41, 5.74) is 2.01. The van der Waals surface area contributed by atoms with Crippen LogP contribution in [0.25, 0.3) is 16.8 Å². The number of carbonyl (C=O) groups is 2. The zero-order valence-corrected chi connectivity index (χ0v) is 28.5. The minimum absolute atomic E-state index is 0.0378. The monoisotopic (exact) mass is 698 g/mol. The fraction of sp³-hybridized carbons (Fsp3) is 0.436. The summed E-state index contributed by atoms with van der Waals surface area (Å²) in [5.74, 6) is 2.01. The van der Waals surface area contributed by atoms with Crippen molar-refractivity contribution in [2.45, 2.75) is 44.7 Å². The predicted molar refractivity (Wildman–Crippen MR) is 186 cm³/mol. The SMILES string of the molecule is CN(CC12CC3CC(CC(C3)C1)C2)C(=O)c1ccc(N2CCN(C(=O)c3cc(-n4cc(-c5cncc(O)c5)cn4)cc(C(F)(F)F)c3)CC2)cc1. The molecule has 1 saturated heterocycles. The first-order valence-corrected chi connectivity index (χ1v) is 17.7. The number of alkyl halides is 3. The van der Waals surface area contributed by atoms with E-state index in [4.69, 9.17) is 0 Å². The van der Waals surface area contributed by atoms with Crippen LogP contribution in [0.3, 0.4) is 0 Å². The molecule has 9 nitrogen and oxygen atoms in total. The Labute approximate surface area is 294 Å². The van der Waals surface area contributed by atoms with Crippen molar-refractivity contribution in [2.75, 3.05) is 44.7 Å². The van der Waals surface area contributed by atoms with Crippen LogP contribution >= 0.6 is 0 Å². The van der Waals surface area contributed by atoms with Crippen LogP contribution in [0.2, 0.25) is 0 Å². The molecule has 51 heavy (non-hydrogen) atoms. The van der Waals surface area contributed by atoms with Crippen molar-refractivity contribution in [2.24, 2.45) is 23.2 Å². The van der Waals surface area contributed by atoms with Crippen molar-refractivity contribution in [3.05, 3.63) is 90.0 Å². The van der Waals surface area contributed by atoms with Gasteiger partial charge in [-0.25, -0.2) is 4.68 Å². The molecule has 4 saturated carbocycles. The number of nitrogens with zero attached hydrogens (tertiary/aromatic N) is 6. The van der Waals surface area contributed by atoms with Crippen molar-refractivity contribution < 1.29 is 27.9 Å². The van der Waals surface area contributed by atoms with Crippen LogP contribution in [-0.2, 0) is 6.18 Å². The number of benzene rings is 2. The van der Waals surface area contributed by atoms with Gasteiger partial charge in [0.25, 0.3) is 11.8 Å². The first-order chi connectivity index (χ1) is 24.4. The molecule has 0 atom stereocenters. The number of rotatable bonds is 7. The van der Waals surface area contributed by atoms with Gasteiger partial charge in [-0.2, -0.15) is 18.3 Å². The van der Waals surface area contributed by atoms with Crippen LogP contribution in [0.4, 0.5) is 18.9 Å². The number of piperazine rings is 1. The third kappa shape index (κ3) is 6.68. The first-order valence-electron chi connectivity index (χ1n) is 17.7. The van der Waals surface area contributed by atoms with Crippen LogP contribution < -0.4 is 4.90 Å². The number of hydrogen-bond donors (Lipinski definition) is 1. The van der Waals surface area contributed by atoms with E-state index in [1.54, 1.807) is 4.90 Å². The van der Waals surface area contributed by atoms with E-state index in [2.05, 4.69) is 15.0 Å². The smallest absolute Gasteiger partial charge is 0.416 e. The number of hydrogen-bond acceptors (Lipinski definition) is 6. The van der Waals surface area contributed by atoms with Gasteiger partial charge in [-0.3, -0.25) is 14.6 Å². The van der Waals surface area contributed by atoms with Gasteiger partial charge in [-0.05, 0) is 110 Å². The summed E-state index contributed by atoms with van der Waals surface area (Å²) in [5, 5.41) is 14.0. The zero-order chi connectivity index (χ0) is 35.5. The number of aromatic hydroxyl groups is 1. The quantitative estimate of drug-likeness (QED) is 0.226. The minimum Gasteiger partial charge on any atom is -0.506 e. The lowest BCUT2D eigenvalue weighted by Gasteiger charge is -2.57. The first kappa shape index (κ1) is 33.3. The van der Waals surface area contributed by atoms with Gasteiger partial charge in [0.15, 0.2) is 0 Å². The van der Waals surface area contributed by atoms with E-state index in [-0.39, 0.29) is 28.3 Å². The zero-order valence-electron chi connectivity index (χ0n) is 28.5. The average Bonchev–Trinajstić information content (AvgIpc) is 3.61. The molecule has 4 bridgehead atoms. The average molecular weight is 699 g/mol. The molecule has 2 aromatic carbocycles. The lowest BCUT2D eigenvalue weighted by atomic mass is 9.49. The summed E-state index contributed by atoms with van der Waals surface area (Å²) in [7, 11) is 1.93. The number of anilines is 1. The maximum absolute atomic E-state index is 14.0. The number of aromatic nitrogens is 3. The van der Waals surface area contributed by atoms with Crippen LogP contribution in [0, 0.1) is 23.2 Å². The van der Waals surface area contributed by atoms with E-state index in [0.717, 1.165) is 42.1 Å². The molecule has 2 amide bonds. The van der Waals surface area contributed by atoms with Crippen molar-refractivity contribution in [3.63, 3.8) is 0 Å². The molecular formula is C39H41F3N6O3. The molecule has 4 aromatic rings. The molecule has 1 N–H and O–H groups in total. The molecule has 5 fully saturated rings. The van der Waals surface area contributed by atoms with E-state index < -0.39 is 17.6 Å². The molecular weight excluding hydrogens is 657 g/mol. The van der Waals surface area contributed by atoms with Crippen LogP contribution in [-0.4, -0.2) is 81.3 Å². The standard InChI is InChI=1S/C39H41F3N6O3/c1-45(24-38-17-25-10-26(18-38)12-27(11-25)19-38)36(50)28-2-4-33(5-3-28)46-6-8-47(9-7-46)37(51)29-13-32(39(40,41)42)16-34(14-29)48-23-31(21-44-48)30-15-35(49)22-43-20-30/h2-5,13-16,20-23,25-27,49H,6-12,17-19,24H2,1H3. The number of amides is 2. The summed E-state index contributed by atoms with van der Waals surface area (Å²) in [6, 6.07) is 12.4. The molecule has 2 aromatic heterocycles. The summed E-state index contributed by atoms with van der Waals surface area (Å²) in [4.78, 5) is 36.6. The van der Waals surface area contributed by atoms with Crippen LogP contribution in [0.1, 0.15) is 64.8 Å². The van der Waals surface area contributed by atoms with E-state index in [9.17, 15) is 27.9 Å². The van der Waals surface area contributed by atoms with Gasteiger partial charge in [0.05, 0.1) is 23.6 Å². The van der Waals surface area contributed by atoms with Crippen molar-refractivity contribution in [1.82, 2.24) is 24.6 Å².